The van der Waals surface area contributed by atoms with Crippen molar-refractivity contribution < 1.29 is 52.0 Å². The zero-order valence-electron chi connectivity index (χ0n) is 38.8. The summed E-state index contributed by atoms with van der Waals surface area (Å²) in [4.78, 5) is 67.8. The third-order valence-corrected chi connectivity index (χ3v) is 12.0. The molecule has 2 saturated heterocycles. The van der Waals surface area contributed by atoms with Crippen LogP contribution in [-0.2, 0) is 38.1 Å². The average molecular weight is 981 g/mol. The molecule has 3 heterocycles. The van der Waals surface area contributed by atoms with Crippen LogP contribution in [0.15, 0.2) is 67.4 Å². The Kier molecular flexibility index (Phi) is 24.3. The monoisotopic (exact) mass is 980 g/mol. The van der Waals surface area contributed by atoms with Crippen LogP contribution in [0.3, 0.4) is 0 Å². The molecule has 2 aromatic carbocycles. The van der Waals surface area contributed by atoms with Crippen molar-refractivity contribution in [3.63, 3.8) is 0 Å². The molecule has 2 aliphatic heterocycles. The van der Waals surface area contributed by atoms with Gasteiger partial charge in [-0.2, -0.15) is 16.7 Å². The Morgan fingerprint density at radius 1 is 0.725 bits per heavy atom. The van der Waals surface area contributed by atoms with E-state index < -0.39 is 5.82 Å². The maximum Gasteiger partial charge on any atom is 0.315 e. The van der Waals surface area contributed by atoms with E-state index in [0.717, 1.165) is 37.3 Å². The summed E-state index contributed by atoms with van der Waals surface area (Å²) in [5, 5.41) is 23.4. The lowest BCUT2D eigenvalue weighted by molar-refractivity contribution is -0.123. The van der Waals surface area contributed by atoms with Crippen molar-refractivity contribution >= 4 is 70.3 Å². The minimum atomic E-state index is -0.657. The highest BCUT2D eigenvalue weighted by Crippen LogP contribution is 2.33. The fraction of sp³-hybridized carbons (Fsp3) is 0.511. The normalized spacial score (nSPS) is 15.8. The second kappa shape index (κ2) is 31.1. The molecule has 3 aromatic rings. The third kappa shape index (κ3) is 21.4. The van der Waals surface area contributed by atoms with E-state index in [1.165, 1.54) is 0 Å². The molecular formula is C47H65FN10O10S. The van der Waals surface area contributed by atoms with Crippen LogP contribution in [0.5, 0.6) is 5.75 Å². The third-order valence-electron chi connectivity index (χ3n) is 10.5. The Morgan fingerprint density at radius 3 is 2.04 bits per heavy atom. The summed E-state index contributed by atoms with van der Waals surface area (Å²) < 4.78 is 42.5. The molecule has 6 amide bonds. The number of fused-ring (bicyclic) bond motifs is 1. The van der Waals surface area contributed by atoms with E-state index in [1.54, 1.807) is 48.5 Å². The summed E-state index contributed by atoms with van der Waals surface area (Å²) >= 11 is 1.86. The van der Waals surface area contributed by atoms with Gasteiger partial charge in [0.15, 0.2) is 11.6 Å². The molecule has 5 rings (SSSR count). The van der Waals surface area contributed by atoms with Crippen molar-refractivity contribution in [2.45, 2.75) is 68.7 Å². The molecule has 1 aromatic heterocycles. The average Bonchev–Trinajstić information content (AvgIpc) is 3.90. The van der Waals surface area contributed by atoms with Crippen LogP contribution in [0.4, 0.5) is 38.0 Å². The van der Waals surface area contributed by atoms with Crippen molar-refractivity contribution in [2.24, 2.45) is 0 Å². The molecule has 2 aliphatic rings. The van der Waals surface area contributed by atoms with E-state index in [2.05, 4.69) is 59.1 Å². The number of urea groups is 1. The molecule has 8 N–H and O–H groups in total. The molecule has 1 unspecified atom stereocenters. The number of aromatic nitrogens is 2. The Hall–Kier alpha value is -6.07. The standard InChI is InChI=1S/C47H65FN10O10S/c1-2-40(59)53-34-8-3-9-35(30-34)54-45-37(48)31-52-46(58-45)55-33-14-16-36(17-15-33)68-29-28-66-23-20-51-43(62)13-5-12-42(61)50-19-7-22-65-25-27-67-26-24-64-21-6-18-49-41(60)11-4-10-39-44-38(32-69-39)56-47(63)57-44/h2-3,8-9,14-17,30-31,38-39,44H,1,4-7,10-13,18-29,32H2,(H,49,60)(H,50,61)(H,51,62)(H,53,59)(H2,56,57,63)(H2,52,54,55,58)/t38-,39?,44-/m0/s1. The number of nitrogens with one attached hydrogen (secondary N) is 8. The van der Waals surface area contributed by atoms with Crippen LogP contribution in [-0.4, -0.2) is 142 Å². The lowest BCUT2D eigenvalue weighted by Crippen LogP contribution is -2.37. The van der Waals surface area contributed by atoms with E-state index in [1.807, 2.05) is 11.8 Å². The molecular weight excluding hydrogens is 916 g/mol. The summed E-state index contributed by atoms with van der Waals surface area (Å²) in [6, 6.07) is 14.0. The van der Waals surface area contributed by atoms with E-state index in [-0.39, 0.29) is 66.4 Å². The van der Waals surface area contributed by atoms with Crippen molar-refractivity contribution in [2.75, 3.05) is 101 Å². The van der Waals surface area contributed by atoms with Gasteiger partial charge in [0.05, 0.1) is 57.9 Å². The van der Waals surface area contributed by atoms with E-state index in [4.69, 9.17) is 23.7 Å². The first kappa shape index (κ1) is 53.9. The number of benzene rings is 2. The van der Waals surface area contributed by atoms with E-state index in [9.17, 15) is 28.4 Å². The van der Waals surface area contributed by atoms with Gasteiger partial charge < -0.3 is 66.2 Å². The van der Waals surface area contributed by atoms with Crippen molar-refractivity contribution in [3.05, 3.63) is 73.2 Å². The van der Waals surface area contributed by atoms with Gasteiger partial charge in [-0.3, -0.25) is 19.2 Å². The molecule has 0 saturated carbocycles. The van der Waals surface area contributed by atoms with E-state index >= 15 is 0 Å². The second-order valence-electron chi connectivity index (χ2n) is 15.9. The highest BCUT2D eigenvalue weighted by molar-refractivity contribution is 8.00. The quantitative estimate of drug-likeness (QED) is 0.0232. The molecule has 0 radical (unpaired) electrons. The smallest absolute Gasteiger partial charge is 0.315 e. The van der Waals surface area contributed by atoms with Crippen LogP contribution in [0.1, 0.15) is 51.4 Å². The van der Waals surface area contributed by atoms with Crippen molar-refractivity contribution in [1.82, 2.24) is 36.6 Å². The zero-order chi connectivity index (χ0) is 48.9. The lowest BCUT2D eigenvalue weighted by Gasteiger charge is -2.16. The number of hydrogen-bond donors (Lipinski definition) is 8. The van der Waals surface area contributed by atoms with Gasteiger partial charge in [-0.05, 0) is 80.6 Å². The fourth-order valence-corrected chi connectivity index (χ4v) is 8.54. The first-order chi connectivity index (χ1) is 33.6. The van der Waals surface area contributed by atoms with Gasteiger partial charge in [0, 0.05) is 80.2 Å². The number of thioether (sulfide) groups is 1. The molecule has 0 aliphatic carbocycles. The zero-order valence-corrected chi connectivity index (χ0v) is 39.6. The SMILES string of the molecule is C=CC(=O)Nc1cccc(Nc2nc(Nc3ccc(OCCOCCNC(=O)CCCC(=O)NCCCOCCOCCOCCCNC(=O)CCCC4SC[C@@H]5NC(=O)N[C@H]45)cc3)ncc2F)c1. The fourth-order valence-electron chi connectivity index (χ4n) is 6.99. The number of hydrogen-bond acceptors (Lipinski definition) is 15. The minimum Gasteiger partial charge on any atom is -0.491 e. The number of halogens is 1. The molecule has 0 bridgehead atoms. The molecule has 3 atom stereocenters. The second-order valence-corrected chi connectivity index (χ2v) is 17.1. The van der Waals surface area contributed by atoms with Crippen LogP contribution in [0, 0.1) is 5.82 Å². The molecule has 69 heavy (non-hydrogen) atoms. The number of amides is 6. The molecule has 2 fully saturated rings. The number of ether oxygens (including phenoxy) is 5. The summed E-state index contributed by atoms with van der Waals surface area (Å²) in [6.45, 7) is 8.52. The predicted molar refractivity (Wildman–Crippen MR) is 260 cm³/mol. The Labute approximate surface area is 406 Å². The summed E-state index contributed by atoms with van der Waals surface area (Å²) in [5.41, 5.74) is 1.66. The number of rotatable bonds is 35. The molecule has 22 heteroatoms. The topological polar surface area (TPSA) is 254 Å². The first-order valence-corrected chi connectivity index (χ1v) is 24.3. The lowest BCUT2D eigenvalue weighted by atomic mass is 10.0. The first-order valence-electron chi connectivity index (χ1n) is 23.3. The summed E-state index contributed by atoms with van der Waals surface area (Å²) in [6.07, 6.45) is 6.69. The van der Waals surface area contributed by atoms with Gasteiger partial charge in [0.2, 0.25) is 29.6 Å². The summed E-state index contributed by atoms with van der Waals surface area (Å²) in [7, 11) is 0. The van der Waals surface area contributed by atoms with Gasteiger partial charge in [0.1, 0.15) is 12.4 Å². The molecule has 20 nitrogen and oxygen atoms in total. The number of carbonyl (C=O) groups excluding carboxylic acids is 5. The number of nitrogens with zero attached hydrogens (tertiary/aromatic N) is 2. The van der Waals surface area contributed by atoms with Crippen LogP contribution < -0.4 is 47.3 Å². The van der Waals surface area contributed by atoms with Gasteiger partial charge in [-0.15, -0.1) is 0 Å². The van der Waals surface area contributed by atoms with Crippen LogP contribution >= 0.6 is 11.8 Å². The van der Waals surface area contributed by atoms with Gasteiger partial charge >= 0.3 is 6.03 Å². The maximum absolute atomic E-state index is 14.5. The van der Waals surface area contributed by atoms with Gasteiger partial charge in [-0.1, -0.05) is 12.6 Å². The Bertz CT molecular complexity index is 2090. The maximum atomic E-state index is 14.5. The van der Waals surface area contributed by atoms with Crippen LogP contribution in [0.25, 0.3) is 0 Å². The predicted octanol–water partition coefficient (Wildman–Crippen LogP) is 4.31. The summed E-state index contributed by atoms with van der Waals surface area (Å²) in [5.74, 6) is 0.383. The highest BCUT2D eigenvalue weighted by Gasteiger charge is 2.42. The minimum absolute atomic E-state index is 0.0389. The van der Waals surface area contributed by atoms with Crippen molar-refractivity contribution in [1.29, 1.82) is 0 Å². The molecule has 376 valence electrons. The van der Waals surface area contributed by atoms with Gasteiger partial charge in [-0.25, -0.2) is 14.2 Å². The van der Waals surface area contributed by atoms with E-state index in [0.29, 0.717) is 126 Å². The van der Waals surface area contributed by atoms with Crippen LogP contribution in [0.2, 0.25) is 0 Å². The largest absolute Gasteiger partial charge is 0.491 e. The van der Waals surface area contributed by atoms with Gasteiger partial charge in [0.25, 0.3) is 0 Å². The number of carbonyl (C=O) groups is 5. The Morgan fingerprint density at radius 2 is 1.35 bits per heavy atom. The van der Waals surface area contributed by atoms with Crippen molar-refractivity contribution in [3.8, 4) is 5.75 Å². The Balaban J connectivity index is 0.756. The number of anilines is 5. The highest BCUT2D eigenvalue weighted by atomic mass is 32.2. The molecule has 0 spiro atoms.